The van der Waals surface area contributed by atoms with Crippen molar-refractivity contribution in [2.75, 3.05) is 17.7 Å². The van der Waals surface area contributed by atoms with E-state index in [1.165, 1.54) is 6.07 Å². The van der Waals surface area contributed by atoms with Crippen LogP contribution < -0.4 is 15.8 Å². The van der Waals surface area contributed by atoms with Crippen molar-refractivity contribution < 1.29 is 13.9 Å². The van der Waals surface area contributed by atoms with E-state index in [1.54, 1.807) is 0 Å². The quantitative estimate of drug-likeness (QED) is 0.581. The van der Waals surface area contributed by atoms with Crippen LogP contribution in [0.25, 0.3) is 0 Å². The molecule has 1 amide bonds. The molecule has 1 aromatic carbocycles. The van der Waals surface area contributed by atoms with Gasteiger partial charge in [-0.1, -0.05) is 0 Å². The topological polar surface area (TPSA) is 64.3 Å². The van der Waals surface area contributed by atoms with Crippen LogP contribution >= 0.6 is 0 Å². The van der Waals surface area contributed by atoms with Crippen LogP contribution in [-0.4, -0.2) is 12.5 Å². The maximum absolute atomic E-state index is 12.9. The van der Waals surface area contributed by atoms with E-state index in [2.05, 4.69) is 5.32 Å². The Morgan fingerprint density at radius 3 is 3.08 bits per heavy atom. The van der Waals surface area contributed by atoms with E-state index in [4.69, 9.17) is 10.5 Å². The second kappa shape index (κ2) is 2.62. The minimum atomic E-state index is -0.565. The van der Waals surface area contributed by atoms with Crippen molar-refractivity contribution in [3.05, 3.63) is 17.9 Å². The highest BCUT2D eigenvalue weighted by molar-refractivity contribution is 5.95. The first-order chi connectivity index (χ1) is 6.16. The summed E-state index contributed by atoms with van der Waals surface area (Å²) in [5, 5.41) is 2.47. The average Bonchev–Trinajstić information content (AvgIpc) is 2.08. The van der Waals surface area contributed by atoms with Gasteiger partial charge in [0, 0.05) is 12.1 Å². The number of rotatable bonds is 0. The van der Waals surface area contributed by atoms with Crippen LogP contribution in [0.15, 0.2) is 12.1 Å². The van der Waals surface area contributed by atoms with Gasteiger partial charge in [0.2, 0.25) is 0 Å². The third kappa shape index (κ3) is 1.28. The standard InChI is InChI=1S/C8H7FN2O2/c9-4-1-6-7(2-5(4)10)13-3-8(12)11-6/h1-2H,3,10H2,(H,11,12). The molecule has 0 radical (unpaired) electrons. The third-order valence-corrected chi connectivity index (χ3v) is 1.73. The van der Waals surface area contributed by atoms with E-state index in [9.17, 15) is 9.18 Å². The molecular weight excluding hydrogens is 175 g/mol. The Kier molecular flexibility index (Phi) is 1.58. The van der Waals surface area contributed by atoms with Gasteiger partial charge in [0.1, 0.15) is 11.6 Å². The zero-order valence-corrected chi connectivity index (χ0v) is 6.63. The third-order valence-electron chi connectivity index (χ3n) is 1.73. The molecule has 0 aliphatic carbocycles. The molecule has 3 N–H and O–H groups in total. The van der Waals surface area contributed by atoms with Crippen molar-refractivity contribution in [2.45, 2.75) is 0 Å². The van der Waals surface area contributed by atoms with Crippen molar-refractivity contribution in [3.63, 3.8) is 0 Å². The zero-order valence-electron chi connectivity index (χ0n) is 6.63. The predicted octanol–water partition coefficient (Wildman–Crippen LogP) is 0.739. The Bertz CT molecular complexity index is 379. The number of anilines is 2. The molecule has 4 nitrogen and oxygen atoms in total. The first-order valence-electron chi connectivity index (χ1n) is 3.68. The van der Waals surface area contributed by atoms with Crippen molar-refractivity contribution in [2.24, 2.45) is 0 Å². The smallest absolute Gasteiger partial charge is 0.262 e. The van der Waals surface area contributed by atoms with Gasteiger partial charge in [0.05, 0.1) is 11.4 Å². The van der Waals surface area contributed by atoms with Crippen molar-refractivity contribution in [3.8, 4) is 5.75 Å². The number of benzene rings is 1. The molecule has 13 heavy (non-hydrogen) atoms. The molecule has 0 atom stereocenters. The van der Waals surface area contributed by atoms with Crippen LogP contribution in [0.2, 0.25) is 0 Å². The van der Waals surface area contributed by atoms with E-state index < -0.39 is 5.82 Å². The first kappa shape index (κ1) is 7.85. The molecule has 1 aromatic rings. The van der Waals surface area contributed by atoms with E-state index in [0.717, 1.165) is 6.07 Å². The summed E-state index contributed by atoms with van der Waals surface area (Å²) in [5.41, 5.74) is 5.64. The van der Waals surface area contributed by atoms with Gasteiger partial charge in [-0.3, -0.25) is 4.79 Å². The molecule has 68 valence electrons. The highest BCUT2D eigenvalue weighted by Gasteiger charge is 2.17. The van der Waals surface area contributed by atoms with Crippen LogP contribution in [0.4, 0.5) is 15.8 Å². The van der Waals surface area contributed by atoms with Crippen molar-refractivity contribution in [1.29, 1.82) is 0 Å². The number of nitrogens with one attached hydrogen (secondary N) is 1. The Labute approximate surface area is 73.5 Å². The molecule has 0 fully saturated rings. The summed E-state index contributed by atoms with van der Waals surface area (Å²) < 4.78 is 17.9. The first-order valence-corrected chi connectivity index (χ1v) is 3.68. The number of carbonyl (C=O) groups is 1. The summed E-state index contributed by atoms with van der Waals surface area (Å²) in [5.74, 6) is -0.459. The monoisotopic (exact) mass is 182 g/mol. The minimum absolute atomic E-state index is 0.00917. The van der Waals surface area contributed by atoms with Crippen LogP contribution in [-0.2, 0) is 4.79 Å². The number of hydrogen-bond donors (Lipinski definition) is 2. The van der Waals surface area contributed by atoms with Gasteiger partial charge in [-0.05, 0) is 0 Å². The number of carbonyl (C=O) groups excluding carboxylic acids is 1. The largest absolute Gasteiger partial charge is 0.481 e. The van der Waals surface area contributed by atoms with E-state index in [0.29, 0.717) is 11.4 Å². The Morgan fingerprint density at radius 1 is 1.54 bits per heavy atom. The highest BCUT2D eigenvalue weighted by atomic mass is 19.1. The number of halogens is 1. The number of hydrogen-bond acceptors (Lipinski definition) is 3. The molecule has 1 heterocycles. The molecule has 5 heteroatoms. The van der Waals surface area contributed by atoms with E-state index >= 15 is 0 Å². The van der Waals surface area contributed by atoms with Gasteiger partial charge in [-0.2, -0.15) is 0 Å². The number of nitrogen functional groups attached to an aromatic ring is 1. The maximum Gasteiger partial charge on any atom is 0.262 e. The van der Waals surface area contributed by atoms with Gasteiger partial charge in [-0.15, -0.1) is 0 Å². The van der Waals surface area contributed by atoms with Crippen LogP contribution in [0.3, 0.4) is 0 Å². The number of fused-ring (bicyclic) bond motifs is 1. The Morgan fingerprint density at radius 2 is 2.31 bits per heavy atom. The molecule has 0 bridgehead atoms. The fraction of sp³-hybridized carbons (Fsp3) is 0.125. The summed E-state index contributed by atoms with van der Waals surface area (Å²) in [4.78, 5) is 10.8. The summed E-state index contributed by atoms with van der Waals surface area (Å²) in [7, 11) is 0. The number of ether oxygens (including phenoxy) is 1. The second-order valence-corrected chi connectivity index (χ2v) is 2.71. The number of nitrogens with two attached hydrogens (primary N) is 1. The lowest BCUT2D eigenvalue weighted by atomic mass is 10.2. The number of amides is 1. The summed E-state index contributed by atoms with van der Waals surface area (Å²) >= 11 is 0. The average molecular weight is 182 g/mol. The molecule has 0 spiro atoms. The minimum Gasteiger partial charge on any atom is -0.481 e. The molecule has 1 aliphatic rings. The van der Waals surface area contributed by atoms with Gasteiger partial charge in [0.25, 0.3) is 5.91 Å². The van der Waals surface area contributed by atoms with Gasteiger partial charge < -0.3 is 15.8 Å². The van der Waals surface area contributed by atoms with Gasteiger partial charge in [-0.25, -0.2) is 4.39 Å². The molecule has 0 unspecified atom stereocenters. The SMILES string of the molecule is Nc1cc2c(cc1F)NC(=O)CO2. The zero-order chi connectivity index (χ0) is 9.42. The molecule has 0 aromatic heterocycles. The summed E-state index contributed by atoms with van der Waals surface area (Å²) in [6.07, 6.45) is 0. The molecule has 2 rings (SSSR count). The fourth-order valence-electron chi connectivity index (χ4n) is 1.12. The maximum atomic E-state index is 12.9. The van der Waals surface area contributed by atoms with E-state index in [-0.39, 0.29) is 18.2 Å². The van der Waals surface area contributed by atoms with Crippen LogP contribution in [0.1, 0.15) is 0 Å². The lowest BCUT2D eigenvalue weighted by Crippen LogP contribution is -2.25. The Balaban J connectivity index is 2.49. The lowest BCUT2D eigenvalue weighted by molar-refractivity contribution is -0.118. The lowest BCUT2D eigenvalue weighted by Gasteiger charge is -2.18. The van der Waals surface area contributed by atoms with Crippen LogP contribution in [0.5, 0.6) is 5.75 Å². The summed E-state index contributed by atoms with van der Waals surface area (Å²) in [6.45, 7) is -0.0575. The highest BCUT2D eigenvalue weighted by Crippen LogP contribution is 2.31. The van der Waals surface area contributed by atoms with Crippen LogP contribution in [0, 0.1) is 5.82 Å². The van der Waals surface area contributed by atoms with Gasteiger partial charge in [0.15, 0.2) is 6.61 Å². The van der Waals surface area contributed by atoms with Crippen molar-refractivity contribution >= 4 is 17.3 Å². The van der Waals surface area contributed by atoms with Gasteiger partial charge >= 0.3 is 0 Å². The Hall–Kier alpha value is -1.78. The normalized spacial score (nSPS) is 14.4. The molecule has 0 saturated heterocycles. The predicted molar refractivity (Wildman–Crippen MR) is 44.9 cm³/mol. The molecule has 0 saturated carbocycles. The second-order valence-electron chi connectivity index (χ2n) is 2.71. The summed E-state index contributed by atoms with van der Waals surface area (Å²) in [6, 6.07) is 2.49. The fourth-order valence-corrected chi connectivity index (χ4v) is 1.12. The molecule has 1 aliphatic heterocycles. The van der Waals surface area contributed by atoms with Crippen molar-refractivity contribution in [1.82, 2.24) is 0 Å². The van der Waals surface area contributed by atoms with E-state index in [1.807, 2.05) is 0 Å². The molecular formula is C8H7FN2O2.